The quantitative estimate of drug-likeness (QED) is 0.616. The van der Waals surface area contributed by atoms with Gasteiger partial charge in [-0.1, -0.05) is 12.1 Å². The van der Waals surface area contributed by atoms with Crippen molar-refractivity contribution in [3.8, 4) is 0 Å². The predicted octanol–water partition coefficient (Wildman–Crippen LogP) is 1.97. The molecule has 0 aliphatic carbocycles. The molecule has 20 heavy (non-hydrogen) atoms. The summed E-state index contributed by atoms with van der Waals surface area (Å²) in [6.07, 6.45) is 3.66. The van der Waals surface area contributed by atoms with Crippen LogP contribution in [0.25, 0.3) is 0 Å². The fourth-order valence-electron chi connectivity index (χ4n) is 2.65. The largest absolute Gasteiger partial charge is 0.399 e. The highest BCUT2D eigenvalue weighted by Gasteiger charge is 2.15. The highest BCUT2D eigenvalue weighted by molar-refractivity contribution is 5.83. The Morgan fingerprint density at radius 1 is 1.40 bits per heavy atom. The summed E-state index contributed by atoms with van der Waals surface area (Å²) in [4.78, 5) is 14.6. The second-order valence-electron chi connectivity index (χ2n) is 5.59. The summed E-state index contributed by atoms with van der Waals surface area (Å²) in [6.45, 7) is 6.20. The van der Waals surface area contributed by atoms with Gasteiger partial charge in [0.05, 0.1) is 5.92 Å². The van der Waals surface area contributed by atoms with Gasteiger partial charge in [-0.15, -0.1) is 0 Å². The first-order valence-corrected chi connectivity index (χ1v) is 7.52. The number of nitrogens with two attached hydrogens (primary N) is 1. The van der Waals surface area contributed by atoms with Crippen molar-refractivity contribution >= 4 is 11.6 Å². The zero-order valence-corrected chi connectivity index (χ0v) is 12.3. The number of likely N-dealkylation sites (tertiary alicyclic amines) is 1. The van der Waals surface area contributed by atoms with Crippen LogP contribution in [0.5, 0.6) is 0 Å². The molecule has 1 fully saturated rings. The highest BCUT2D eigenvalue weighted by Crippen LogP contribution is 2.17. The van der Waals surface area contributed by atoms with Crippen molar-refractivity contribution in [3.63, 3.8) is 0 Å². The molecular weight excluding hydrogens is 250 g/mol. The zero-order chi connectivity index (χ0) is 14.4. The van der Waals surface area contributed by atoms with Crippen LogP contribution in [0.3, 0.4) is 0 Å². The molecule has 3 N–H and O–H groups in total. The molecule has 4 heteroatoms. The van der Waals surface area contributed by atoms with Crippen molar-refractivity contribution < 1.29 is 4.79 Å². The van der Waals surface area contributed by atoms with E-state index in [-0.39, 0.29) is 11.8 Å². The second-order valence-corrected chi connectivity index (χ2v) is 5.59. The third-order valence-electron chi connectivity index (χ3n) is 3.95. The van der Waals surface area contributed by atoms with E-state index < -0.39 is 0 Å². The van der Waals surface area contributed by atoms with Crippen molar-refractivity contribution in [2.24, 2.45) is 0 Å². The zero-order valence-electron chi connectivity index (χ0n) is 12.3. The summed E-state index contributed by atoms with van der Waals surface area (Å²) in [5, 5.41) is 3.02. The number of hydrogen-bond acceptors (Lipinski definition) is 3. The van der Waals surface area contributed by atoms with E-state index in [1.807, 2.05) is 31.2 Å². The van der Waals surface area contributed by atoms with Gasteiger partial charge in [0, 0.05) is 12.2 Å². The summed E-state index contributed by atoms with van der Waals surface area (Å²) >= 11 is 0. The van der Waals surface area contributed by atoms with Crippen molar-refractivity contribution in [2.75, 3.05) is 31.9 Å². The van der Waals surface area contributed by atoms with E-state index in [0.29, 0.717) is 5.69 Å². The Balaban J connectivity index is 1.71. The highest BCUT2D eigenvalue weighted by atomic mass is 16.1. The van der Waals surface area contributed by atoms with E-state index in [9.17, 15) is 4.79 Å². The molecule has 1 saturated heterocycles. The Morgan fingerprint density at radius 3 is 2.85 bits per heavy atom. The fraction of sp³-hybridized carbons (Fsp3) is 0.562. The molecule has 1 aliphatic heterocycles. The SMILES string of the molecule is CC(C(=O)NCCCN1CCCC1)c1cccc(N)c1. The van der Waals surface area contributed by atoms with Gasteiger partial charge in [0.15, 0.2) is 0 Å². The van der Waals surface area contributed by atoms with Crippen LogP contribution in [0.2, 0.25) is 0 Å². The van der Waals surface area contributed by atoms with Crippen molar-refractivity contribution in [1.29, 1.82) is 0 Å². The minimum Gasteiger partial charge on any atom is -0.399 e. The maximum absolute atomic E-state index is 12.1. The number of hydrogen-bond donors (Lipinski definition) is 2. The molecular formula is C16H25N3O. The third kappa shape index (κ3) is 4.23. The van der Waals surface area contributed by atoms with Gasteiger partial charge in [-0.2, -0.15) is 0 Å². The van der Waals surface area contributed by atoms with Crippen molar-refractivity contribution in [2.45, 2.75) is 32.1 Å². The Kier molecular flexibility index (Phi) is 5.41. The summed E-state index contributed by atoms with van der Waals surface area (Å²) in [6, 6.07) is 7.55. The van der Waals surface area contributed by atoms with Crippen molar-refractivity contribution in [3.05, 3.63) is 29.8 Å². The van der Waals surface area contributed by atoms with Gasteiger partial charge in [0.2, 0.25) is 5.91 Å². The fourth-order valence-corrected chi connectivity index (χ4v) is 2.65. The first-order valence-electron chi connectivity index (χ1n) is 7.52. The molecule has 1 atom stereocenters. The Hall–Kier alpha value is -1.55. The number of carbonyl (C=O) groups excluding carboxylic acids is 1. The van der Waals surface area contributed by atoms with Crippen LogP contribution in [-0.4, -0.2) is 37.0 Å². The maximum atomic E-state index is 12.1. The average molecular weight is 275 g/mol. The average Bonchev–Trinajstić information content (AvgIpc) is 2.95. The number of carbonyl (C=O) groups is 1. The lowest BCUT2D eigenvalue weighted by Crippen LogP contribution is -2.31. The van der Waals surface area contributed by atoms with Crippen LogP contribution in [0, 0.1) is 0 Å². The van der Waals surface area contributed by atoms with Gasteiger partial charge in [-0.05, 0) is 63.5 Å². The van der Waals surface area contributed by atoms with E-state index in [2.05, 4.69) is 10.2 Å². The van der Waals surface area contributed by atoms with Crippen LogP contribution >= 0.6 is 0 Å². The number of nitrogens with one attached hydrogen (secondary N) is 1. The molecule has 1 aliphatic rings. The molecule has 0 aromatic heterocycles. The molecule has 2 rings (SSSR count). The standard InChI is InChI=1S/C16H25N3O/c1-13(14-6-4-7-15(17)12-14)16(20)18-8-5-11-19-9-2-3-10-19/h4,6-7,12-13H,2-3,5,8-11,17H2,1H3,(H,18,20). The molecule has 110 valence electrons. The minimum absolute atomic E-state index is 0.0806. The lowest BCUT2D eigenvalue weighted by Gasteiger charge is -2.16. The van der Waals surface area contributed by atoms with Crippen LogP contribution < -0.4 is 11.1 Å². The van der Waals surface area contributed by atoms with E-state index in [1.54, 1.807) is 0 Å². The Bertz CT molecular complexity index is 441. The molecule has 0 bridgehead atoms. The number of amides is 1. The van der Waals surface area contributed by atoms with E-state index in [0.717, 1.165) is 25.1 Å². The molecule has 1 unspecified atom stereocenters. The molecule has 0 spiro atoms. The molecule has 1 amide bonds. The van der Waals surface area contributed by atoms with Gasteiger partial charge in [0.25, 0.3) is 0 Å². The molecule has 4 nitrogen and oxygen atoms in total. The predicted molar refractivity (Wildman–Crippen MR) is 82.6 cm³/mol. The smallest absolute Gasteiger partial charge is 0.227 e. The molecule has 0 radical (unpaired) electrons. The molecule has 1 heterocycles. The third-order valence-corrected chi connectivity index (χ3v) is 3.95. The second kappa shape index (κ2) is 7.29. The monoisotopic (exact) mass is 275 g/mol. The number of anilines is 1. The Labute approximate surface area is 121 Å². The van der Waals surface area contributed by atoms with E-state index in [1.165, 1.54) is 25.9 Å². The normalized spacial score (nSPS) is 17.1. The lowest BCUT2D eigenvalue weighted by molar-refractivity contribution is -0.122. The lowest BCUT2D eigenvalue weighted by atomic mass is 10.00. The molecule has 0 saturated carbocycles. The van der Waals surface area contributed by atoms with Crippen LogP contribution in [-0.2, 0) is 4.79 Å². The number of rotatable bonds is 6. The Morgan fingerprint density at radius 2 is 2.15 bits per heavy atom. The van der Waals surface area contributed by atoms with E-state index in [4.69, 9.17) is 5.73 Å². The first kappa shape index (κ1) is 14.9. The van der Waals surface area contributed by atoms with Gasteiger partial charge in [-0.3, -0.25) is 4.79 Å². The van der Waals surface area contributed by atoms with Gasteiger partial charge < -0.3 is 16.0 Å². The molecule has 1 aromatic carbocycles. The van der Waals surface area contributed by atoms with Crippen LogP contribution in [0.1, 0.15) is 37.7 Å². The molecule has 1 aromatic rings. The van der Waals surface area contributed by atoms with Gasteiger partial charge in [0.1, 0.15) is 0 Å². The summed E-state index contributed by atoms with van der Waals surface area (Å²) < 4.78 is 0. The number of nitrogens with zero attached hydrogens (tertiary/aromatic N) is 1. The summed E-state index contributed by atoms with van der Waals surface area (Å²) in [5.74, 6) is -0.0673. The first-order chi connectivity index (χ1) is 9.66. The summed E-state index contributed by atoms with van der Waals surface area (Å²) in [7, 11) is 0. The van der Waals surface area contributed by atoms with Gasteiger partial charge >= 0.3 is 0 Å². The minimum atomic E-state index is -0.148. The van der Waals surface area contributed by atoms with E-state index >= 15 is 0 Å². The van der Waals surface area contributed by atoms with Gasteiger partial charge in [-0.25, -0.2) is 0 Å². The maximum Gasteiger partial charge on any atom is 0.227 e. The van der Waals surface area contributed by atoms with Crippen LogP contribution in [0.4, 0.5) is 5.69 Å². The number of benzene rings is 1. The topological polar surface area (TPSA) is 58.4 Å². The summed E-state index contributed by atoms with van der Waals surface area (Å²) in [5.41, 5.74) is 7.43. The van der Waals surface area contributed by atoms with Crippen LogP contribution in [0.15, 0.2) is 24.3 Å². The van der Waals surface area contributed by atoms with Crippen molar-refractivity contribution in [1.82, 2.24) is 10.2 Å². The number of nitrogen functional groups attached to an aromatic ring is 1.